The van der Waals surface area contributed by atoms with Gasteiger partial charge in [-0.2, -0.15) is 0 Å². The monoisotopic (exact) mass is 344 g/mol. The van der Waals surface area contributed by atoms with E-state index in [2.05, 4.69) is 5.32 Å². The lowest BCUT2D eigenvalue weighted by molar-refractivity contribution is -0.132. The van der Waals surface area contributed by atoms with Crippen molar-refractivity contribution in [3.05, 3.63) is 18.2 Å². The number of anilines is 1. The van der Waals surface area contributed by atoms with Gasteiger partial charge in [-0.25, -0.2) is 0 Å². The Labute approximate surface area is 147 Å². The van der Waals surface area contributed by atoms with E-state index < -0.39 is 5.79 Å². The topological polar surface area (TPSA) is 67.9 Å². The second-order valence-corrected chi connectivity index (χ2v) is 7.28. The SMILES string of the molecule is CC(=O)N1CCC[C@H](C(=O)Nc2ccc3c(c2)OC2(CCCC2)O3)C1. The highest BCUT2D eigenvalue weighted by Gasteiger charge is 2.44. The summed E-state index contributed by atoms with van der Waals surface area (Å²) in [5.41, 5.74) is 0.711. The number of rotatable bonds is 2. The van der Waals surface area contributed by atoms with Crippen molar-refractivity contribution in [1.29, 1.82) is 0 Å². The smallest absolute Gasteiger partial charge is 0.251 e. The van der Waals surface area contributed by atoms with E-state index >= 15 is 0 Å². The molecule has 2 amide bonds. The molecule has 2 heterocycles. The molecule has 6 heteroatoms. The van der Waals surface area contributed by atoms with Gasteiger partial charge < -0.3 is 19.7 Å². The lowest BCUT2D eigenvalue weighted by atomic mass is 9.97. The maximum Gasteiger partial charge on any atom is 0.251 e. The molecule has 0 radical (unpaired) electrons. The minimum absolute atomic E-state index is 0.0300. The molecule has 1 aromatic rings. The quantitative estimate of drug-likeness (QED) is 0.896. The van der Waals surface area contributed by atoms with Crippen molar-refractivity contribution >= 4 is 17.5 Å². The first-order valence-electron chi connectivity index (χ1n) is 9.13. The van der Waals surface area contributed by atoms with Crippen LogP contribution in [0.1, 0.15) is 45.4 Å². The van der Waals surface area contributed by atoms with Crippen molar-refractivity contribution in [2.45, 2.75) is 51.2 Å². The number of carbonyl (C=O) groups excluding carboxylic acids is 2. The maximum atomic E-state index is 12.6. The van der Waals surface area contributed by atoms with Crippen LogP contribution in [0.4, 0.5) is 5.69 Å². The summed E-state index contributed by atoms with van der Waals surface area (Å²) in [4.78, 5) is 25.9. The van der Waals surface area contributed by atoms with Gasteiger partial charge in [0.05, 0.1) is 5.92 Å². The normalized spacial score (nSPS) is 23.7. The maximum absolute atomic E-state index is 12.6. The molecule has 4 rings (SSSR count). The molecule has 0 bridgehead atoms. The van der Waals surface area contributed by atoms with Gasteiger partial charge in [-0.05, 0) is 37.8 Å². The van der Waals surface area contributed by atoms with Crippen LogP contribution in [-0.2, 0) is 9.59 Å². The second-order valence-electron chi connectivity index (χ2n) is 7.28. The van der Waals surface area contributed by atoms with Crippen molar-refractivity contribution in [2.75, 3.05) is 18.4 Å². The molecule has 1 N–H and O–H groups in total. The summed E-state index contributed by atoms with van der Waals surface area (Å²) in [6, 6.07) is 5.55. The van der Waals surface area contributed by atoms with Gasteiger partial charge in [0.25, 0.3) is 5.79 Å². The Hall–Kier alpha value is -2.24. The predicted molar refractivity (Wildman–Crippen MR) is 92.5 cm³/mol. The van der Waals surface area contributed by atoms with Gasteiger partial charge in [0.15, 0.2) is 11.5 Å². The molecule has 1 spiro atoms. The predicted octanol–water partition coefficient (Wildman–Crippen LogP) is 2.93. The van der Waals surface area contributed by atoms with Gasteiger partial charge in [-0.1, -0.05) is 0 Å². The fourth-order valence-corrected chi connectivity index (χ4v) is 4.01. The zero-order valence-electron chi connectivity index (χ0n) is 14.5. The van der Waals surface area contributed by atoms with E-state index in [1.165, 1.54) is 0 Å². The van der Waals surface area contributed by atoms with E-state index in [0.717, 1.165) is 50.8 Å². The zero-order chi connectivity index (χ0) is 17.4. The van der Waals surface area contributed by atoms with Gasteiger partial charge in [-0.15, -0.1) is 0 Å². The largest absolute Gasteiger partial charge is 0.448 e. The summed E-state index contributed by atoms with van der Waals surface area (Å²) in [5, 5.41) is 2.97. The minimum atomic E-state index is -0.490. The van der Waals surface area contributed by atoms with E-state index in [0.29, 0.717) is 18.0 Å². The molecule has 1 saturated heterocycles. The molecular weight excluding hydrogens is 320 g/mol. The van der Waals surface area contributed by atoms with Crippen molar-refractivity contribution < 1.29 is 19.1 Å². The first-order valence-corrected chi connectivity index (χ1v) is 9.13. The first kappa shape index (κ1) is 16.2. The third-order valence-electron chi connectivity index (χ3n) is 5.41. The highest BCUT2D eigenvalue weighted by atomic mass is 16.7. The average molecular weight is 344 g/mol. The van der Waals surface area contributed by atoms with Gasteiger partial charge in [0.2, 0.25) is 11.8 Å². The summed E-state index contributed by atoms with van der Waals surface area (Å²) in [7, 11) is 0. The van der Waals surface area contributed by atoms with Gasteiger partial charge >= 0.3 is 0 Å². The number of ether oxygens (including phenoxy) is 2. The lowest BCUT2D eigenvalue weighted by Gasteiger charge is -2.31. The molecule has 3 aliphatic rings. The number of carbonyl (C=O) groups is 2. The first-order chi connectivity index (χ1) is 12.0. The van der Waals surface area contributed by atoms with Crippen LogP contribution in [-0.4, -0.2) is 35.6 Å². The molecular formula is C19H24N2O4. The van der Waals surface area contributed by atoms with Crippen molar-refractivity contribution in [2.24, 2.45) is 5.92 Å². The van der Waals surface area contributed by atoms with E-state index in [1.807, 2.05) is 18.2 Å². The number of hydrogen-bond donors (Lipinski definition) is 1. The number of hydrogen-bond acceptors (Lipinski definition) is 4. The molecule has 1 aliphatic carbocycles. The number of piperidine rings is 1. The molecule has 6 nitrogen and oxygen atoms in total. The second kappa shape index (κ2) is 6.24. The number of benzene rings is 1. The van der Waals surface area contributed by atoms with Crippen molar-refractivity contribution in [3.8, 4) is 11.5 Å². The third-order valence-corrected chi connectivity index (χ3v) is 5.41. The van der Waals surface area contributed by atoms with Crippen LogP contribution >= 0.6 is 0 Å². The van der Waals surface area contributed by atoms with E-state index in [4.69, 9.17) is 9.47 Å². The number of nitrogens with zero attached hydrogens (tertiary/aromatic N) is 1. The summed E-state index contributed by atoms with van der Waals surface area (Å²) >= 11 is 0. The van der Waals surface area contributed by atoms with Crippen LogP contribution in [0.2, 0.25) is 0 Å². The summed E-state index contributed by atoms with van der Waals surface area (Å²) < 4.78 is 12.0. The molecule has 0 unspecified atom stereocenters. The summed E-state index contributed by atoms with van der Waals surface area (Å²) in [5.74, 6) is 0.789. The van der Waals surface area contributed by atoms with Crippen LogP contribution in [0.5, 0.6) is 11.5 Å². The molecule has 0 aromatic heterocycles. The third kappa shape index (κ3) is 3.17. The van der Waals surface area contributed by atoms with Gasteiger partial charge in [0, 0.05) is 44.6 Å². The Kier molecular flexibility index (Phi) is 4.06. The van der Waals surface area contributed by atoms with Crippen LogP contribution in [0.25, 0.3) is 0 Å². The number of amides is 2. The summed E-state index contributed by atoms with van der Waals surface area (Å²) in [6.07, 6.45) is 5.72. The van der Waals surface area contributed by atoms with Crippen LogP contribution in [0, 0.1) is 5.92 Å². The molecule has 1 aromatic carbocycles. The van der Waals surface area contributed by atoms with Crippen molar-refractivity contribution in [3.63, 3.8) is 0 Å². The minimum Gasteiger partial charge on any atom is -0.448 e. The van der Waals surface area contributed by atoms with E-state index in [1.54, 1.807) is 11.8 Å². The highest BCUT2D eigenvalue weighted by molar-refractivity contribution is 5.93. The molecule has 25 heavy (non-hydrogen) atoms. The highest BCUT2D eigenvalue weighted by Crippen LogP contribution is 2.47. The van der Waals surface area contributed by atoms with Crippen LogP contribution in [0.3, 0.4) is 0 Å². The van der Waals surface area contributed by atoms with Crippen molar-refractivity contribution in [1.82, 2.24) is 4.90 Å². The lowest BCUT2D eigenvalue weighted by Crippen LogP contribution is -2.42. The molecule has 1 atom stereocenters. The molecule has 1 saturated carbocycles. The van der Waals surface area contributed by atoms with Gasteiger partial charge in [0.1, 0.15) is 0 Å². The summed E-state index contributed by atoms with van der Waals surface area (Å²) in [6.45, 7) is 2.79. The molecule has 134 valence electrons. The van der Waals surface area contributed by atoms with Crippen LogP contribution < -0.4 is 14.8 Å². The Morgan fingerprint density at radius 3 is 2.68 bits per heavy atom. The Bertz CT molecular complexity index is 697. The molecule has 2 aliphatic heterocycles. The fraction of sp³-hybridized carbons (Fsp3) is 0.579. The van der Waals surface area contributed by atoms with E-state index in [9.17, 15) is 9.59 Å². The molecule has 2 fully saturated rings. The average Bonchev–Trinajstić information content (AvgIpc) is 3.20. The number of likely N-dealkylation sites (tertiary alicyclic amines) is 1. The van der Waals surface area contributed by atoms with Crippen LogP contribution in [0.15, 0.2) is 18.2 Å². The number of fused-ring (bicyclic) bond motifs is 1. The Morgan fingerprint density at radius 2 is 1.92 bits per heavy atom. The standard InChI is InChI=1S/C19H24N2O4/c1-13(22)21-10-4-5-14(12-21)18(23)20-15-6-7-16-17(11-15)25-19(24-16)8-2-3-9-19/h6-7,11,14H,2-5,8-10,12H2,1H3,(H,20,23)/t14-/m0/s1. The Morgan fingerprint density at radius 1 is 1.16 bits per heavy atom. The fourth-order valence-electron chi connectivity index (χ4n) is 4.01. The number of nitrogens with one attached hydrogen (secondary N) is 1. The Balaban J connectivity index is 1.42. The van der Waals surface area contributed by atoms with E-state index in [-0.39, 0.29) is 17.7 Å². The van der Waals surface area contributed by atoms with Gasteiger partial charge in [-0.3, -0.25) is 9.59 Å². The zero-order valence-corrected chi connectivity index (χ0v) is 14.5.